The number of carbonyl (C=O) groups is 1. The molecule has 1 aromatic heterocycles. The minimum absolute atomic E-state index is 0.0652. The molecule has 4 heterocycles. The molecule has 2 atom stereocenters. The number of ether oxygens (including phenoxy) is 1. The number of azo groups is 1. The lowest BCUT2D eigenvalue weighted by molar-refractivity contribution is -0.120. The molecule has 0 spiro atoms. The highest BCUT2D eigenvalue weighted by atomic mass is 16.5. The van der Waals surface area contributed by atoms with Gasteiger partial charge in [-0.2, -0.15) is 10.2 Å². The monoisotopic (exact) mass is 416 g/mol. The normalized spacial score (nSPS) is 25.8. The first-order valence-corrected chi connectivity index (χ1v) is 10.4. The lowest BCUT2D eigenvalue weighted by Crippen LogP contribution is -2.58. The summed E-state index contributed by atoms with van der Waals surface area (Å²) in [4.78, 5) is 21.7. The van der Waals surface area contributed by atoms with Gasteiger partial charge in [0, 0.05) is 35.6 Å². The van der Waals surface area contributed by atoms with E-state index in [9.17, 15) is 4.79 Å². The van der Waals surface area contributed by atoms with E-state index in [-0.39, 0.29) is 23.6 Å². The third-order valence-electron chi connectivity index (χ3n) is 6.11. The van der Waals surface area contributed by atoms with Crippen LogP contribution in [0.5, 0.6) is 11.8 Å². The minimum Gasteiger partial charge on any atom is -0.424 e. The SMILES string of the molecule is CC[C@@]1(c2cccc(Oc3ncccn3)c2)C2=CN=NC2NC2=C1C(=O)NC(C)(C)C2. The molecule has 0 saturated heterocycles. The summed E-state index contributed by atoms with van der Waals surface area (Å²) in [5.41, 5.74) is 2.59. The highest BCUT2D eigenvalue weighted by molar-refractivity contribution is 6.00. The fraction of sp³-hybridized carbons (Fsp3) is 0.348. The minimum atomic E-state index is -0.660. The largest absolute Gasteiger partial charge is 0.424 e. The van der Waals surface area contributed by atoms with Gasteiger partial charge in [-0.15, -0.1) is 0 Å². The molecule has 0 saturated carbocycles. The summed E-state index contributed by atoms with van der Waals surface area (Å²) in [6.07, 6.45) is 6.15. The molecule has 3 aliphatic rings. The topological polar surface area (TPSA) is 101 Å². The lowest BCUT2D eigenvalue weighted by Gasteiger charge is -2.48. The molecule has 1 aromatic carbocycles. The molecule has 0 bridgehead atoms. The predicted octanol–water partition coefficient (Wildman–Crippen LogP) is 3.75. The van der Waals surface area contributed by atoms with Crippen molar-refractivity contribution < 1.29 is 9.53 Å². The molecule has 5 rings (SSSR count). The van der Waals surface area contributed by atoms with Gasteiger partial charge in [-0.25, -0.2) is 9.97 Å². The smallest absolute Gasteiger partial charge is 0.321 e. The van der Waals surface area contributed by atoms with E-state index in [1.165, 1.54) is 0 Å². The van der Waals surface area contributed by atoms with Gasteiger partial charge in [0.1, 0.15) is 5.75 Å². The number of aromatic nitrogens is 2. The van der Waals surface area contributed by atoms with Gasteiger partial charge in [-0.1, -0.05) is 19.1 Å². The summed E-state index contributed by atoms with van der Waals surface area (Å²) in [7, 11) is 0. The molecule has 8 heteroatoms. The van der Waals surface area contributed by atoms with E-state index < -0.39 is 5.41 Å². The molecule has 1 unspecified atom stereocenters. The Labute approximate surface area is 180 Å². The maximum atomic E-state index is 13.4. The molecule has 2 N–H and O–H groups in total. The maximum Gasteiger partial charge on any atom is 0.321 e. The van der Waals surface area contributed by atoms with Gasteiger partial charge in [0.2, 0.25) is 0 Å². The number of fused-ring (bicyclic) bond motifs is 1. The predicted molar refractivity (Wildman–Crippen MR) is 114 cm³/mol. The van der Waals surface area contributed by atoms with E-state index in [0.29, 0.717) is 18.6 Å². The van der Waals surface area contributed by atoms with Crippen LogP contribution in [0.3, 0.4) is 0 Å². The lowest BCUT2D eigenvalue weighted by atomic mass is 9.62. The molecule has 31 heavy (non-hydrogen) atoms. The first-order valence-electron chi connectivity index (χ1n) is 10.4. The van der Waals surface area contributed by atoms with Gasteiger partial charge in [-0.3, -0.25) is 4.79 Å². The van der Waals surface area contributed by atoms with Crippen LogP contribution in [0.15, 0.2) is 76.0 Å². The van der Waals surface area contributed by atoms with Crippen LogP contribution in [-0.2, 0) is 10.2 Å². The standard InChI is InChI=1S/C23H24N6O2/c1-4-23(14-7-5-8-15(11-14)31-21-24-9-6-10-25-21)16-13-26-29-19(16)27-17-12-22(2,3)28-20(30)18(17)23/h5-11,13,19,27H,4,12H2,1-3H3,(H,28,30)/t19?,23-/m1/s1. The molecular weight excluding hydrogens is 392 g/mol. The Morgan fingerprint density at radius 2 is 2.00 bits per heavy atom. The highest BCUT2D eigenvalue weighted by Gasteiger charge is 2.53. The van der Waals surface area contributed by atoms with Crippen LogP contribution in [-0.4, -0.2) is 27.6 Å². The second-order valence-corrected chi connectivity index (χ2v) is 8.65. The molecule has 0 aliphatic carbocycles. The third kappa shape index (κ3) is 3.10. The quantitative estimate of drug-likeness (QED) is 0.791. The summed E-state index contributed by atoms with van der Waals surface area (Å²) in [6.45, 7) is 6.15. The van der Waals surface area contributed by atoms with Crippen molar-refractivity contribution in [3.63, 3.8) is 0 Å². The van der Waals surface area contributed by atoms with E-state index in [1.807, 2.05) is 38.1 Å². The zero-order valence-corrected chi connectivity index (χ0v) is 17.7. The summed E-state index contributed by atoms with van der Waals surface area (Å²) < 4.78 is 5.89. The van der Waals surface area contributed by atoms with Crippen molar-refractivity contribution in [3.05, 3.63) is 71.3 Å². The van der Waals surface area contributed by atoms with Crippen LogP contribution in [0.2, 0.25) is 0 Å². The Kier molecular flexibility index (Phi) is 4.39. The van der Waals surface area contributed by atoms with Crippen molar-refractivity contribution in [1.82, 2.24) is 20.6 Å². The number of nitrogens with zero attached hydrogens (tertiary/aromatic N) is 4. The number of benzene rings is 1. The van der Waals surface area contributed by atoms with Crippen molar-refractivity contribution in [2.24, 2.45) is 10.2 Å². The van der Waals surface area contributed by atoms with E-state index in [1.54, 1.807) is 24.7 Å². The Morgan fingerprint density at radius 1 is 1.19 bits per heavy atom. The number of hydrogen-bond donors (Lipinski definition) is 2. The number of carbonyl (C=O) groups excluding carboxylic acids is 1. The summed E-state index contributed by atoms with van der Waals surface area (Å²) >= 11 is 0. The molecule has 158 valence electrons. The van der Waals surface area contributed by atoms with Gasteiger partial charge in [0.05, 0.1) is 17.2 Å². The zero-order chi connectivity index (χ0) is 21.6. The Balaban J connectivity index is 1.66. The fourth-order valence-electron chi connectivity index (χ4n) is 4.88. The average molecular weight is 416 g/mol. The molecule has 8 nitrogen and oxygen atoms in total. The van der Waals surface area contributed by atoms with E-state index in [4.69, 9.17) is 4.74 Å². The van der Waals surface area contributed by atoms with Crippen molar-refractivity contribution in [3.8, 4) is 11.8 Å². The average Bonchev–Trinajstić information content (AvgIpc) is 3.21. The number of hydrogen-bond acceptors (Lipinski definition) is 7. The van der Waals surface area contributed by atoms with Crippen molar-refractivity contribution in [2.75, 3.05) is 0 Å². The van der Waals surface area contributed by atoms with Crippen molar-refractivity contribution in [1.29, 1.82) is 0 Å². The van der Waals surface area contributed by atoms with Crippen LogP contribution in [0.25, 0.3) is 0 Å². The molecule has 3 aliphatic heterocycles. The van der Waals surface area contributed by atoms with Crippen molar-refractivity contribution >= 4 is 5.91 Å². The second kappa shape index (κ2) is 7.01. The van der Waals surface area contributed by atoms with Crippen LogP contribution >= 0.6 is 0 Å². The van der Waals surface area contributed by atoms with Crippen LogP contribution in [0.1, 0.15) is 39.2 Å². The zero-order valence-electron chi connectivity index (χ0n) is 17.7. The van der Waals surface area contributed by atoms with E-state index in [0.717, 1.165) is 22.4 Å². The van der Waals surface area contributed by atoms with Gasteiger partial charge in [0.15, 0.2) is 6.17 Å². The summed E-state index contributed by atoms with van der Waals surface area (Å²) in [6, 6.07) is 9.78. The third-order valence-corrected chi connectivity index (χ3v) is 6.11. The van der Waals surface area contributed by atoms with Crippen molar-refractivity contribution in [2.45, 2.75) is 50.7 Å². The Hall–Kier alpha value is -3.55. The highest BCUT2D eigenvalue weighted by Crippen LogP contribution is 2.51. The van der Waals surface area contributed by atoms with Gasteiger partial charge >= 0.3 is 6.01 Å². The number of rotatable bonds is 4. The first-order chi connectivity index (χ1) is 14.9. The molecule has 1 amide bonds. The first kappa shape index (κ1) is 19.4. The van der Waals surface area contributed by atoms with E-state index in [2.05, 4.69) is 37.8 Å². The van der Waals surface area contributed by atoms with Gasteiger partial charge < -0.3 is 15.4 Å². The summed E-state index contributed by atoms with van der Waals surface area (Å²) in [5.74, 6) is 0.544. The second-order valence-electron chi connectivity index (χ2n) is 8.65. The Bertz CT molecular complexity index is 1140. The van der Waals surface area contributed by atoms with Gasteiger partial charge in [-0.05, 0) is 44.0 Å². The van der Waals surface area contributed by atoms with Crippen LogP contribution in [0, 0.1) is 0 Å². The molecule has 2 aromatic rings. The summed E-state index contributed by atoms with van der Waals surface area (Å²) in [5, 5.41) is 15.2. The molecular formula is C23H24N6O2. The van der Waals surface area contributed by atoms with Crippen LogP contribution < -0.4 is 15.4 Å². The van der Waals surface area contributed by atoms with Crippen LogP contribution in [0.4, 0.5) is 0 Å². The maximum absolute atomic E-state index is 13.4. The number of nitrogens with one attached hydrogen (secondary N) is 2. The number of amides is 1. The fourth-order valence-corrected chi connectivity index (χ4v) is 4.88. The van der Waals surface area contributed by atoms with Gasteiger partial charge in [0.25, 0.3) is 5.91 Å². The molecule has 0 fully saturated rings. The molecule has 0 radical (unpaired) electrons. The van der Waals surface area contributed by atoms with E-state index >= 15 is 0 Å². The Morgan fingerprint density at radius 3 is 2.77 bits per heavy atom.